The standard InChI is InChI=1S/C18H23N3O2S/c1-2-3-8-20(16-7-10-24(22,23)14-16)12-15-13-21-9-5-4-6-18(21)17(15)11-19/h4-6,9,13,16H,2-3,7-8,10,12,14H2,1H3/t16-/m1/s1. The third-order valence-corrected chi connectivity index (χ3v) is 6.52. The lowest BCUT2D eigenvalue weighted by molar-refractivity contribution is 0.200. The monoisotopic (exact) mass is 345 g/mol. The summed E-state index contributed by atoms with van der Waals surface area (Å²) in [6.45, 7) is 3.63. The molecule has 1 atom stereocenters. The first-order chi connectivity index (χ1) is 11.5. The molecular weight excluding hydrogens is 322 g/mol. The quantitative estimate of drug-likeness (QED) is 0.807. The number of fused-ring (bicyclic) bond motifs is 1. The van der Waals surface area contributed by atoms with Gasteiger partial charge in [0.05, 0.1) is 22.6 Å². The summed E-state index contributed by atoms with van der Waals surface area (Å²) in [6.07, 6.45) is 6.73. The number of pyridine rings is 1. The van der Waals surface area contributed by atoms with E-state index in [9.17, 15) is 13.7 Å². The zero-order valence-electron chi connectivity index (χ0n) is 14.0. The first kappa shape index (κ1) is 17.0. The predicted molar refractivity (Wildman–Crippen MR) is 94.5 cm³/mol. The number of sulfone groups is 1. The number of rotatable bonds is 6. The van der Waals surface area contributed by atoms with Crippen molar-refractivity contribution < 1.29 is 8.42 Å². The summed E-state index contributed by atoms with van der Waals surface area (Å²) in [4.78, 5) is 2.25. The van der Waals surface area contributed by atoms with Crippen LogP contribution >= 0.6 is 0 Å². The Morgan fingerprint density at radius 2 is 2.25 bits per heavy atom. The summed E-state index contributed by atoms with van der Waals surface area (Å²) < 4.78 is 25.7. The lowest BCUT2D eigenvalue weighted by atomic mass is 10.1. The number of hydrogen-bond acceptors (Lipinski definition) is 4. The Hall–Kier alpha value is -1.84. The number of hydrogen-bond donors (Lipinski definition) is 0. The van der Waals surface area contributed by atoms with Crippen LogP contribution in [0.2, 0.25) is 0 Å². The van der Waals surface area contributed by atoms with Crippen LogP contribution < -0.4 is 0 Å². The van der Waals surface area contributed by atoms with E-state index in [-0.39, 0.29) is 17.5 Å². The van der Waals surface area contributed by atoms with Gasteiger partial charge in [0.15, 0.2) is 9.84 Å². The summed E-state index contributed by atoms with van der Waals surface area (Å²) in [5.74, 6) is 0.523. The van der Waals surface area contributed by atoms with Gasteiger partial charge in [0.25, 0.3) is 0 Å². The topological polar surface area (TPSA) is 65.6 Å². The molecule has 0 radical (unpaired) electrons. The van der Waals surface area contributed by atoms with Crippen molar-refractivity contribution >= 4 is 15.4 Å². The molecule has 3 rings (SSSR count). The highest BCUT2D eigenvalue weighted by atomic mass is 32.2. The minimum atomic E-state index is -2.91. The maximum Gasteiger partial charge on any atom is 0.151 e. The molecule has 2 aromatic rings. The Kier molecular flexibility index (Phi) is 4.93. The van der Waals surface area contributed by atoms with Crippen LogP contribution in [-0.4, -0.2) is 41.8 Å². The first-order valence-electron chi connectivity index (χ1n) is 8.47. The number of aromatic nitrogens is 1. The average molecular weight is 345 g/mol. The van der Waals surface area contributed by atoms with Gasteiger partial charge in [-0.25, -0.2) is 8.42 Å². The van der Waals surface area contributed by atoms with Crippen molar-refractivity contribution in [1.29, 1.82) is 5.26 Å². The van der Waals surface area contributed by atoms with Crippen molar-refractivity contribution in [2.75, 3.05) is 18.1 Å². The Morgan fingerprint density at radius 1 is 1.42 bits per heavy atom. The molecule has 1 fully saturated rings. The van der Waals surface area contributed by atoms with Crippen molar-refractivity contribution in [3.63, 3.8) is 0 Å². The molecule has 2 aromatic heterocycles. The van der Waals surface area contributed by atoms with Gasteiger partial charge in [-0.05, 0) is 31.5 Å². The summed E-state index contributed by atoms with van der Waals surface area (Å²) in [5.41, 5.74) is 2.58. The van der Waals surface area contributed by atoms with Crippen molar-refractivity contribution in [1.82, 2.24) is 9.30 Å². The summed E-state index contributed by atoms with van der Waals surface area (Å²) in [7, 11) is -2.91. The second-order valence-electron chi connectivity index (χ2n) is 6.52. The van der Waals surface area contributed by atoms with Crippen molar-refractivity contribution in [2.24, 2.45) is 0 Å². The Bertz CT molecular complexity index is 864. The highest BCUT2D eigenvalue weighted by Crippen LogP contribution is 2.24. The van der Waals surface area contributed by atoms with Crippen LogP contribution in [0, 0.1) is 11.3 Å². The first-order valence-corrected chi connectivity index (χ1v) is 10.3. The SMILES string of the molecule is CCCCN(Cc1cn2ccccc2c1C#N)[C@@H]1CCS(=O)(=O)C1. The van der Waals surface area contributed by atoms with Crippen molar-refractivity contribution in [3.8, 4) is 6.07 Å². The number of unbranched alkanes of at least 4 members (excludes halogenated alkanes) is 1. The molecular formula is C18H23N3O2S. The second kappa shape index (κ2) is 6.96. The van der Waals surface area contributed by atoms with Crippen LogP contribution in [0.25, 0.3) is 5.52 Å². The number of nitriles is 1. The van der Waals surface area contributed by atoms with E-state index < -0.39 is 9.84 Å². The third-order valence-electron chi connectivity index (χ3n) is 4.77. The molecule has 0 N–H and O–H groups in total. The Morgan fingerprint density at radius 3 is 2.92 bits per heavy atom. The molecule has 1 aliphatic heterocycles. The number of nitrogens with zero attached hydrogens (tertiary/aromatic N) is 3. The van der Waals surface area contributed by atoms with E-state index in [0.717, 1.165) is 30.5 Å². The Balaban J connectivity index is 1.89. The highest BCUT2D eigenvalue weighted by Gasteiger charge is 2.32. The van der Waals surface area contributed by atoms with Gasteiger partial charge in [-0.1, -0.05) is 19.4 Å². The summed E-state index contributed by atoms with van der Waals surface area (Å²) in [6, 6.07) is 8.20. The normalized spacial score (nSPS) is 19.8. The fourth-order valence-electron chi connectivity index (χ4n) is 3.46. The average Bonchev–Trinajstić information content (AvgIpc) is 3.10. The molecule has 0 amide bonds. The van der Waals surface area contributed by atoms with E-state index in [1.807, 2.05) is 35.0 Å². The van der Waals surface area contributed by atoms with Gasteiger partial charge in [0, 0.05) is 30.5 Å². The van der Waals surface area contributed by atoms with E-state index in [2.05, 4.69) is 17.9 Å². The Labute approximate surface area is 143 Å². The maximum absolute atomic E-state index is 11.9. The van der Waals surface area contributed by atoms with Crippen LogP contribution in [0.5, 0.6) is 0 Å². The second-order valence-corrected chi connectivity index (χ2v) is 8.74. The molecule has 128 valence electrons. The molecule has 0 saturated carbocycles. The van der Waals surface area contributed by atoms with Gasteiger partial charge in [-0.15, -0.1) is 0 Å². The van der Waals surface area contributed by atoms with Gasteiger partial charge < -0.3 is 4.40 Å². The van der Waals surface area contributed by atoms with E-state index in [1.54, 1.807) is 0 Å². The molecule has 0 aliphatic carbocycles. The zero-order valence-corrected chi connectivity index (χ0v) is 14.8. The zero-order chi connectivity index (χ0) is 17.2. The van der Waals surface area contributed by atoms with E-state index >= 15 is 0 Å². The molecule has 24 heavy (non-hydrogen) atoms. The lowest BCUT2D eigenvalue weighted by Crippen LogP contribution is -2.36. The van der Waals surface area contributed by atoms with E-state index in [4.69, 9.17) is 0 Å². The molecule has 0 spiro atoms. The third kappa shape index (κ3) is 3.47. The van der Waals surface area contributed by atoms with Gasteiger partial charge in [-0.2, -0.15) is 5.26 Å². The predicted octanol–water partition coefficient (Wildman–Crippen LogP) is 2.60. The largest absolute Gasteiger partial charge is 0.322 e. The minimum absolute atomic E-state index is 0.0658. The molecule has 0 unspecified atom stereocenters. The van der Waals surface area contributed by atoms with Gasteiger partial charge >= 0.3 is 0 Å². The van der Waals surface area contributed by atoms with Crippen LogP contribution in [-0.2, 0) is 16.4 Å². The van der Waals surface area contributed by atoms with Crippen LogP contribution in [0.3, 0.4) is 0 Å². The fraction of sp³-hybridized carbons (Fsp3) is 0.500. The van der Waals surface area contributed by atoms with Crippen molar-refractivity contribution in [3.05, 3.63) is 41.7 Å². The lowest BCUT2D eigenvalue weighted by Gasteiger charge is -2.27. The smallest absolute Gasteiger partial charge is 0.151 e. The molecule has 0 bridgehead atoms. The minimum Gasteiger partial charge on any atom is -0.322 e. The molecule has 5 nitrogen and oxygen atoms in total. The molecule has 1 aliphatic rings. The van der Waals surface area contributed by atoms with Crippen molar-refractivity contribution in [2.45, 2.75) is 38.8 Å². The van der Waals surface area contributed by atoms with Gasteiger partial charge in [-0.3, -0.25) is 4.90 Å². The highest BCUT2D eigenvalue weighted by molar-refractivity contribution is 7.91. The fourth-order valence-corrected chi connectivity index (χ4v) is 5.22. The molecule has 0 aromatic carbocycles. The van der Waals surface area contributed by atoms with Crippen LogP contribution in [0.4, 0.5) is 0 Å². The summed E-state index contributed by atoms with van der Waals surface area (Å²) >= 11 is 0. The van der Waals surface area contributed by atoms with E-state index in [1.165, 1.54) is 0 Å². The van der Waals surface area contributed by atoms with E-state index in [0.29, 0.717) is 18.5 Å². The maximum atomic E-state index is 11.9. The summed E-state index contributed by atoms with van der Waals surface area (Å²) in [5, 5.41) is 9.56. The van der Waals surface area contributed by atoms with Crippen LogP contribution in [0.1, 0.15) is 37.3 Å². The van der Waals surface area contributed by atoms with Gasteiger partial charge in [0.1, 0.15) is 6.07 Å². The van der Waals surface area contributed by atoms with Gasteiger partial charge in [0.2, 0.25) is 0 Å². The van der Waals surface area contributed by atoms with Crippen LogP contribution in [0.15, 0.2) is 30.6 Å². The molecule has 6 heteroatoms. The molecule has 1 saturated heterocycles. The molecule has 3 heterocycles.